The number of H-pyrrole nitrogens is 2. The number of aromatic amines is 2. The Morgan fingerprint density at radius 1 is 0.366 bits per heavy atom. The van der Waals surface area contributed by atoms with Gasteiger partial charge in [0.25, 0.3) is 0 Å². The van der Waals surface area contributed by atoms with Crippen LogP contribution in [0.4, 0.5) is 0 Å². The molecule has 6 nitrogen and oxygen atoms in total. The van der Waals surface area contributed by atoms with Crippen molar-refractivity contribution in [2.75, 3.05) is 0 Å². The number of hydrogen-bond donors (Lipinski definition) is 2. The summed E-state index contributed by atoms with van der Waals surface area (Å²) in [6.07, 6.45) is 29.9. The largest absolute Gasteiger partial charge is 0.355 e. The zero-order chi connectivity index (χ0) is 68.9. The predicted octanol–water partition coefficient (Wildman–Crippen LogP) is 20.9. The quantitative estimate of drug-likeness (QED) is 0.0839. The molecule has 11 aromatic rings. The fourth-order valence-electron chi connectivity index (χ4n) is 15.1. The Morgan fingerprint density at radius 3 is 1.47 bits per heavy atom. The van der Waals surface area contributed by atoms with Crippen molar-refractivity contribution in [2.24, 2.45) is 0 Å². The van der Waals surface area contributed by atoms with Gasteiger partial charge in [0.1, 0.15) is 0 Å². The Morgan fingerprint density at radius 2 is 0.822 bits per heavy atom. The number of nitrogens with one attached hydrogen (secondary N) is 2. The van der Waals surface area contributed by atoms with Crippen LogP contribution in [0.5, 0.6) is 0 Å². The minimum Gasteiger partial charge on any atom is -0.355 e. The summed E-state index contributed by atoms with van der Waals surface area (Å²) < 4.78 is 0. The molecule has 0 spiro atoms. The van der Waals surface area contributed by atoms with Gasteiger partial charge in [-0.1, -0.05) is 216 Å². The first-order valence-electron chi connectivity index (χ1n) is 34.7. The minimum atomic E-state index is -0.699. The Labute approximate surface area is 592 Å². The average Bonchev–Trinajstić information content (AvgIpc) is 1.68. The van der Waals surface area contributed by atoms with E-state index in [0.29, 0.717) is 0 Å². The van der Waals surface area contributed by atoms with Crippen molar-refractivity contribution < 1.29 is 0 Å². The fraction of sp³-hybridized carbons (Fsp3) is 0.158. The number of nitrogens with zero attached hydrogens (tertiary/aromatic N) is 4. The van der Waals surface area contributed by atoms with Crippen LogP contribution in [0.2, 0.25) is 0 Å². The Kier molecular flexibility index (Phi) is 17.6. The fourth-order valence-corrected chi connectivity index (χ4v) is 15.1. The molecule has 0 saturated carbocycles. The molecule has 0 saturated heterocycles. The molecule has 2 unspecified atom stereocenters. The Balaban J connectivity index is 0.997. The van der Waals surface area contributed by atoms with Crippen LogP contribution in [0.3, 0.4) is 0 Å². The summed E-state index contributed by atoms with van der Waals surface area (Å²) in [7, 11) is 0. The molecular formula is C95H68N6. The molecule has 2 aliphatic carbocycles. The van der Waals surface area contributed by atoms with E-state index in [2.05, 4.69) is 315 Å². The monoisotopic (exact) mass is 1290 g/mol. The lowest BCUT2D eigenvalue weighted by molar-refractivity contribution is 0.520. The van der Waals surface area contributed by atoms with Crippen molar-refractivity contribution in [3.05, 3.63) is 238 Å². The lowest BCUT2D eigenvalue weighted by atomic mass is 9.74. The van der Waals surface area contributed by atoms with E-state index in [4.69, 9.17) is 32.8 Å². The second-order valence-electron chi connectivity index (χ2n) is 26.2. The second kappa shape index (κ2) is 27.8. The van der Waals surface area contributed by atoms with Gasteiger partial charge in [0, 0.05) is 55.4 Å². The molecule has 2 aliphatic heterocycles. The summed E-state index contributed by atoms with van der Waals surface area (Å²) in [5.74, 6) is 40.9. The third-order valence-electron chi connectivity index (χ3n) is 20.1. The third kappa shape index (κ3) is 12.0. The topological polar surface area (TPSA) is 83.1 Å². The van der Waals surface area contributed by atoms with E-state index in [1.807, 2.05) is 12.1 Å². The van der Waals surface area contributed by atoms with Crippen molar-refractivity contribution in [1.82, 2.24) is 29.9 Å². The van der Waals surface area contributed by atoms with Gasteiger partial charge in [-0.25, -0.2) is 19.9 Å². The zero-order valence-electron chi connectivity index (χ0n) is 56.9. The minimum absolute atomic E-state index is 0.684. The van der Waals surface area contributed by atoms with Gasteiger partial charge in [0.05, 0.1) is 56.0 Å². The average molecular weight is 1290 g/mol. The number of hydrogen-bond acceptors (Lipinski definition) is 4. The number of terminal acetylenes is 2. The SMILES string of the molecule is C#CC#CC#CC#CC#CC1(CCCCCCCCCC)c2ccccc2-c2ccc(-c3c4nc(c(C)c5ccc([nH]5)c(-c5ccc6c(c5)C(C)(C#CC#CC#C)c5ccccc5-6)c5nc(c(-c6ccc(C)c7nc(-c8ccccc8)c(-c8ccccc8)nc67)c6ccc3[nH]6)C=C5)C=C4)cc21. The second-order valence-corrected chi connectivity index (χ2v) is 26.2. The van der Waals surface area contributed by atoms with Crippen molar-refractivity contribution in [3.8, 4) is 174 Å². The summed E-state index contributed by atoms with van der Waals surface area (Å²) in [5, 5.41) is 0. The summed E-state index contributed by atoms with van der Waals surface area (Å²) in [4.78, 5) is 30.9. The van der Waals surface area contributed by atoms with E-state index in [-0.39, 0.29) is 0 Å². The summed E-state index contributed by atoms with van der Waals surface area (Å²) in [6.45, 7) is 8.70. The smallest absolute Gasteiger partial charge is 0.0977 e. The molecule has 0 amide bonds. The van der Waals surface area contributed by atoms with Crippen molar-refractivity contribution >= 4 is 57.4 Å². The predicted molar refractivity (Wildman–Crippen MR) is 418 cm³/mol. The van der Waals surface area contributed by atoms with Gasteiger partial charge < -0.3 is 9.97 Å². The first kappa shape index (κ1) is 64.0. The Bertz CT molecular complexity index is 6000. The van der Waals surface area contributed by atoms with Gasteiger partial charge in [-0.3, -0.25) is 0 Å². The molecule has 2 N–H and O–H groups in total. The van der Waals surface area contributed by atoms with Crippen LogP contribution in [-0.2, 0) is 10.8 Å². The van der Waals surface area contributed by atoms with Gasteiger partial charge in [0.15, 0.2) is 0 Å². The van der Waals surface area contributed by atoms with E-state index >= 15 is 0 Å². The molecule has 7 aromatic carbocycles. The van der Waals surface area contributed by atoms with Crippen LogP contribution in [0.1, 0.15) is 128 Å². The highest BCUT2D eigenvalue weighted by atomic mass is 14.8. The van der Waals surface area contributed by atoms with E-state index in [9.17, 15) is 0 Å². The number of benzene rings is 7. The number of unbranched alkanes of at least 4 members (excludes halogenated alkanes) is 7. The summed E-state index contributed by atoms with van der Waals surface area (Å²) in [5.41, 5.74) is 27.0. The van der Waals surface area contributed by atoms with E-state index in [0.717, 1.165) is 176 Å². The maximum Gasteiger partial charge on any atom is 0.0977 e. The van der Waals surface area contributed by atoms with E-state index < -0.39 is 10.8 Å². The third-order valence-corrected chi connectivity index (χ3v) is 20.1. The summed E-state index contributed by atoms with van der Waals surface area (Å²) in [6, 6.07) is 64.7. The van der Waals surface area contributed by atoms with Gasteiger partial charge in [-0.2, -0.15) is 0 Å². The van der Waals surface area contributed by atoms with E-state index in [1.54, 1.807) is 0 Å². The van der Waals surface area contributed by atoms with Crippen molar-refractivity contribution in [1.29, 1.82) is 0 Å². The molecular weight excluding hydrogens is 1230 g/mol. The normalized spacial score (nSPS) is 14.4. The first-order chi connectivity index (χ1) is 49.7. The lowest BCUT2D eigenvalue weighted by Crippen LogP contribution is -2.23. The molecule has 6 heteroatoms. The molecule has 8 bridgehead atoms. The molecule has 0 fully saturated rings. The molecule has 15 rings (SSSR count). The van der Waals surface area contributed by atoms with Crippen LogP contribution in [-0.4, -0.2) is 29.9 Å². The first-order valence-corrected chi connectivity index (χ1v) is 34.7. The number of rotatable bonds is 14. The maximum absolute atomic E-state index is 5.83. The van der Waals surface area contributed by atoms with Crippen molar-refractivity contribution in [2.45, 2.75) is 96.3 Å². The standard InChI is InChI=1S/C95H68N6/c1-7-10-13-16-18-20-22-35-60-95(61-36-23-21-19-17-14-11-8-2)76-44-33-31-42-71(76)73-50-47-69(63-78(73)95)88-82-54-52-80(97-82)65(5)79-51-53-81(96-79)87(68-46-49-72-70-41-30-32-43-75(70)94(6,77(72)62-68)59-34-15-12-9-3)83-55-57-85(98-83)89(86-58-56-84(88)99-86)74-48-45-64(4)90-93(74)101-92(67-39-28-25-29-40-67)91(100-90)66-37-26-24-27-38-66/h1,3,24-33,37-58,62-63,96,99H,8,11,14,17,19,21,23,36,61H2,2,4-6H3. The van der Waals surface area contributed by atoms with Gasteiger partial charge >= 0.3 is 0 Å². The molecule has 2 atom stereocenters. The van der Waals surface area contributed by atoms with Gasteiger partial charge in [0.2, 0.25) is 0 Å². The van der Waals surface area contributed by atoms with Crippen molar-refractivity contribution in [3.63, 3.8) is 0 Å². The van der Waals surface area contributed by atoms with Gasteiger partial charge in [-0.05, 0) is 226 Å². The van der Waals surface area contributed by atoms with Gasteiger partial charge in [-0.15, -0.1) is 12.8 Å². The molecule has 101 heavy (non-hydrogen) atoms. The molecule has 4 aliphatic rings. The van der Waals surface area contributed by atoms with Crippen LogP contribution in [0.15, 0.2) is 182 Å². The van der Waals surface area contributed by atoms with Crippen LogP contribution in [0, 0.1) is 110 Å². The highest BCUT2D eigenvalue weighted by Gasteiger charge is 2.43. The number of fused-ring (bicyclic) bond motifs is 15. The summed E-state index contributed by atoms with van der Waals surface area (Å²) >= 11 is 0. The van der Waals surface area contributed by atoms with Crippen LogP contribution < -0.4 is 0 Å². The molecule has 0 radical (unpaired) electrons. The Hall–Kier alpha value is -13.0. The van der Waals surface area contributed by atoms with E-state index in [1.165, 1.54) is 49.7 Å². The van der Waals surface area contributed by atoms with Crippen LogP contribution in [0.25, 0.3) is 136 Å². The highest BCUT2D eigenvalue weighted by Crippen LogP contribution is 2.54. The molecule has 4 aromatic heterocycles. The van der Waals surface area contributed by atoms with Crippen LogP contribution >= 0.6 is 0 Å². The zero-order valence-corrected chi connectivity index (χ0v) is 56.9. The maximum atomic E-state index is 5.83. The molecule has 478 valence electrons. The number of aromatic nitrogens is 6. The number of aryl methyl sites for hydroxylation is 2. The lowest BCUT2D eigenvalue weighted by Gasteiger charge is -2.27. The molecule has 6 heterocycles. The highest BCUT2D eigenvalue weighted by molar-refractivity contribution is 6.05.